The molecule has 2 fully saturated rings. The Morgan fingerprint density at radius 2 is 2.11 bits per heavy atom. The Kier molecular flexibility index (Phi) is 3.47. The Morgan fingerprint density at radius 3 is 2.78 bits per heavy atom. The molecule has 102 valence electrons. The predicted molar refractivity (Wildman–Crippen MR) is 64.0 cm³/mol. The van der Waals surface area contributed by atoms with E-state index in [1.807, 2.05) is 20.8 Å². The van der Waals surface area contributed by atoms with Crippen LogP contribution in [0.5, 0.6) is 0 Å². The first-order valence-corrected chi connectivity index (χ1v) is 6.21. The van der Waals surface area contributed by atoms with Crippen molar-refractivity contribution in [2.24, 2.45) is 5.92 Å². The zero-order valence-electron chi connectivity index (χ0n) is 11.1. The standard InChI is InChI=1S/C12H20N2O4/c1-12(2,3)18-11(16)14-4-8-6-17-7-9(5-14)13-10(8)15/h8-9H,4-7H2,1-3H3,(H,13,15). The van der Waals surface area contributed by atoms with Gasteiger partial charge in [0.2, 0.25) is 5.91 Å². The Balaban J connectivity index is 2.06. The van der Waals surface area contributed by atoms with Crippen molar-refractivity contribution in [1.29, 1.82) is 0 Å². The molecule has 0 aromatic rings. The summed E-state index contributed by atoms with van der Waals surface area (Å²) < 4.78 is 10.7. The lowest BCUT2D eigenvalue weighted by atomic mass is 10.1. The number of hydrogen-bond donors (Lipinski definition) is 1. The van der Waals surface area contributed by atoms with Gasteiger partial charge in [0.1, 0.15) is 5.60 Å². The van der Waals surface area contributed by atoms with Crippen LogP contribution in [0.2, 0.25) is 0 Å². The van der Waals surface area contributed by atoms with Crippen molar-refractivity contribution in [3.8, 4) is 0 Å². The first-order valence-electron chi connectivity index (χ1n) is 6.21. The van der Waals surface area contributed by atoms with Gasteiger partial charge in [-0.25, -0.2) is 4.79 Å². The van der Waals surface area contributed by atoms with Crippen LogP contribution in [0, 0.1) is 5.92 Å². The van der Waals surface area contributed by atoms with Crippen molar-refractivity contribution >= 4 is 12.0 Å². The fraction of sp³-hybridized carbons (Fsp3) is 0.833. The molecule has 6 nitrogen and oxygen atoms in total. The summed E-state index contributed by atoms with van der Waals surface area (Å²) in [5.74, 6) is -0.339. The van der Waals surface area contributed by atoms with Crippen LogP contribution in [0.4, 0.5) is 4.79 Å². The van der Waals surface area contributed by atoms with E-state index in [-0.39, 0.29) is 24.0 Å². The summed E-state index contributed by atoms with van der Waals surface area (Å²) in [4.78, 5) is 25.4. The van der Waals surface area contributed by atoms with E-state index < -0.39 is 5.60 Å². The number of hydrogen-bond acceptors (Lipinski definition) is 4. The Bertz CT molecular complexity index is 350. The Hall–Kier alpha value is -1.30. The summed E-state index contributed by atoms with van der Waals surface area (Å²) in [5.41, 5.74) is -0.521. The lowest BCUT2D eigenvalue weighted by molar-refractivity contribution is -0.125. The summed E-state index contributed by atoms with van der Waals surface area (Å²) in [6, 6.07) is -0.141. The summed E-state index contributed by atoms with van der Waals surface area (Å²) >= 11 is 0. The monoisotopic (exact) mass is 256 g/mol. The van der Waals surface area contributed by atoms with Crippen molar-refractivity contribution in [2.45, 2.75) is 32.4 Å². The number of nitrogens with one attached hydrogen (secondary N) is 1. The summed E-state index contributed by atoms with van der Waals surface area (Å²) in [6.07, 6.45) is -0.365. The molecule has 2 bridgehead atoms. The maximum absolute atomic E-state index is 12.0. The molecule has 0 saturated carbocycles. The van der Waals surface area contributed by atoms with Gasteiger partial charge in [-0.2, -0.15) is 0 Å². The van der Waals surface area contributed by atoms with Gasteiger partial charge < -0.3 is 19.7 Å². The molecular weight excluding hydrogens is 236 g/mol. The maximum atomic E-state index is 12.0. The van der Waals surface area contributed by atoms with Crippen molar-refractivity contribution in [3.05, 3.63) is 0 Å². The second-order valence-corrected chi connectivity index (χ2v) is 5.83. The number of nitrogens with zero attached hydrogens (tertiary/aromatic N) is 1. The van der Waals surface area contributed by atoms with Crippen molar-refractivity contribution < 1.29 is 19.1 Å². The molecule has 0 radical (unpaired) electrons. The van der Waals surface area contributed by atoms with E-state index in [1.54, 1.807) is 4.90 Å². The van der Waals surface area contributed by atoms with Gasteiger partial charge >= 0.3 is 6.09 Å². The minimum Gasteiger partial charge on any atom is -0.444 e. The van der Waals surface area contributed by atoms with Crippen LogP contribution in [-0.2, 0) is 14.3 Å². The highest BCUT2D eigenvalue weighted by molar-refractivity contribution is 5.81. The predicted octanol–water partition coefficient (Wildman–Crippen LogP) is 0.368. The maximum Gasteiger partial charge on any atom is 0.410 e. The minimum atomic E-state index is -0.521. The van der Waals surface area contributed by atoms with Gasteiger partial charge in [-0.15, -0.1) is 0 Å². The van der Waals surface area contributed by atoms with E-state index in [0.717, 1.165) is 0 Å². The van der Waals surface area contributed by atoms with Crippen molar-refractivity contribution in [2.75, 3.05) is 26.3 Å². The second kappa shape index (κ2) is 4.76. The van der Waals surface area contributed by atoms with Crippen LogP contribution in [0.25, 0.3) is 0 Å². The van der Waals surface area contributed by atoms with Crippen LogP contribution >= 0.6 is 0 Å². The third kappa shape index (κ3) is 3.13. The third-order valence-electron chi connectivity index (χ3n) is 2.89. The summed E-state index contributed by atoms with van der Waals surface area (Å²) in [7, 11) is 0. The topological polar surface area (TPSA) is 67.9 Å². The van der Waals surface area contributed by atoms with Crippen LogP contribution in [0.15, 0.2) is 0 Å². The van der Waals surface area contributed by atoms with Crippen LogP contribution in [-0.4, -0.2) is 54.8 Å². The van der Waals surface area contributed by atoms with Crippen molar-refractivity contribution in [3.63, 3.8) is 0 Å². The Labute approximate surface area is 107 Å². The molecule has 0 aliphatic carbocycles. The zero-order valence-corrected chi connectivity index (χ0v) is 11.1. The van der Waals surface area contributed by atoms with E-state index in [0.29, 0.717) is 26.3 Å². The van der Waals surface area contributed by atoms with Crippen LogP contribution < -0.4 is 5.32 Å². The largest absolute Gasteiger partial charge is 0.444 e. The molecule has 2 unspecified atom stereocenters. The van der Waals surface area contributed by atoms with Crippen LogP contribution in [0.1, 0.15) is 20.8 Å². The second-order valence-electron chi connectivity index (χ2n) is 5.83. The fourth-order valence-electron chi connectivity index (χ4n) is 2.11. The average molecular weight is 256 g/mol. The molecule has 2 aliphatic rings. The smallest absolute Gasteiger partial charge is 0.410 e. The molecule has 2 atom stereocenters. The fourth-order valence-corrected chi connectivity index (χ4v) is 2.11. The molecule has 2 aliphatic heterocycles. The van der Waals surface area contributed by atoms with Gasteiger partial charge in [0.15, 0.2) is 0 Å². The summed E-state index contributed by atoms with van der Waals surface area (Å²) in [5, 5.41) is 2.88. The summed E-state index contributed by atoms with van der Waals surface area (Å²) in [6.45, 7) is 7.10. The highest BCUT2D eigenvalue weighted by atomic mass is 16.6. The van der Waals surface area contributed by atoms with E-state index in [2.05, 4.69) is 5.32 Å². The Morgan fingerprint density at radius 1 is 1.39 bits per heavy atom. The molecule has 0 aromatic carbocycles. The lowest BCUT2D eigenvalue weighted by Crippen LogP contribution is -2.46. The van der Waals surface area contributed by atoms with Gasteiger partial charge in [0.25, 0.3) is 0 Å². The molecule has 6 heteroatoms. The zero-order chi connectivity index (χ0) is 13.3. The average Bonchev–Trinajstić information content (AvgIpc) is 2.42. The highest BCUT2D eigenvalue weighted by Gasteiger charge is 2.36. The van der Waals surface area contributed by atoms with E-state index in [9.17, 15) is 9.59 Å². The normalized spacial score (nSPS) is 28.4. The van der Waals surface area contributed by atoms with E-state index >= 15 is 0 Å². The van der Waals surface area contributed by atoms with Gasteiger partial charge in [0.05, 0.1) is 25.2 Å². The van der Waals surface area contributed by atoms with Gasteiger partial charge in [0, 0.05) is 13.1 Å². The highest BCUT2D eigenvalue weighted by Crippen LogP contribution is 2.17. The molecule has 0 spiro atoms. The SMILES string of the molecule is CC(C)(C)OC(=O)N1CC2COCC(C1)C(=O)N2. The van der Waals surface area contributed by atoms with Gasteiger partial charge in [-0.05, 0) is 20.8 Å². The molecular formula is C12H20N2O4. The first-order chi connectivity index (χ1) is 8.35. The number of fused-ring (bicyclic) bond motifs is 3. The molecule has 2 saturated heterocycles. The first kappa shape index (κ1) is 13.1. The molecule has 0 aromatic heterocycles. The van der Waals surface area contributed by atoms with E-state index in [1.165, 1.54) is 0 Å². The number of ether oxygens (including phenoxy) is 2. The van der Waals surface area contributed by atoms with Gasteiger partial charge in [-0.3, -0.25) is 4.79 Å². The molecule has 1 N–H and O–H groups in total. The molecule has 2 heterocycles. The van der Waals surface area contributed by atoms with Gasteiger partial charge in [-0.1, -0.05) is 0 Å². The quantitative estimate of drug-likeness (QED) is 0.680. The number of amides is 2. The minimum absolute atomic E-state index is 0.0384. The third-order valence-corrected chi connectivity index (χ3v) is 2.89. The lowest BCUT2D eigenvalue weighted by Gasteiger charge is -2.30. The van der Waals surface area contributed by atoms with E-state index in [4.69, 9.17) is 9.47 Å². The van der Waals surface area contributed by atoms with Crippen molar-refractivity contribution in [1.82, 2.24) is 10.2 Å². The number of carbonyl (C=O) groups is 2. The molecule has 2 rings (SSSR count). The molecule has 2 amide bonds. The van der Waals surface area contributed by atoms with Crippen LogP contribution in [0.3, 0.4) is 0 Å². The number of carbonyl (C=O) groups excluding carboxylic acids is 2. The molecule has 18 heavy (non-hydrogen) atoms. The number of rotatable bonds is 0.